The van der Waals surface area contributed by atoms with E-state index in [-0.39, 0.29) is 5.91 Å². The van der Waals surface area contributed by atoms with Gasteiger partial charge >= 0.3 is 0 Å². The smallest absolute Gasteiger partial charge is 0.251 e. The van der Waals surface area contributed by atoms with E-state index < -0.39 is 0 Å². The third kappa shape index (κ3) is 4.57. The fourth-order valence-corrected chi connectivity index (χ4v) is 3.77. The fourth-order valence-electron chi connectivity index (χ4n) is 3.77. The maximum atomic E-state index is 12.3. The molecule has 1 N–H and O–H groups in total. The zero-order chi connectivity index (χ0) is 16.1. The van der Waals surface area contributed by atoms with Crippen molar-refractivity contribution in [2.24, 2.45) is 5.92 Å². The molecule has 1 heterocycles. The van der Waals surface area contributed by atoms with Crippen molar-refractivity contribution in [3.05, 3.63) is 34.9 Å². The SMILES string of the molecule is CC1CCN(CCCNC(=O)c2ccc3c(c2)CCCC3)CC1. The van der Waals surface area contributed by atoms with E-state index in [1.165, 1.54) is 56.3 Å². The van der Waals surface area contributed by atoms with Crippen molar-refractivity contribution >= 4 is 5.91 Å². The molecule has 1 saturated heterocycles. The lowest BCUT2D eigenvalue weighted by Crippen LogP contribution is -2.35. The molecule has 0 saturated carbocycles. The Morgan fingerprint density at radius 1 is 1.17 bits per heavy atom. The highest BCUT2D eigenvalue weighted by Gasteiger charge is 2.15. The lowest BCUT2D eigenvalue weighted by atomic mass is 9.90. The number of nitrogens with one attached hydrogen (secondary N) is 1. The van der Waals surface area contributed by atoms with Crippen LogP contribution in [0.2, 0.25) is 0 Å². The van der Waals surface area contributed by atoms with E-state index in [4.69, 9.17) is 0 Å². The Morgan fingerprint density at radius 3 is 2.70 bits per heavy atom. The van der Waals surface area contributed by atoms with Gasteiger partial charge in [-0.05, 0) is 93.8 Å². The predicted octanol–water partition coefficient (Wildman–Crippen LogP) is 3.42. The molecule has 1 aromatic carbocycles. The van der Waals surface area contributed by atoms with E-state index in [9.17, 15) is 4.79 Å². The van der Waals surface area contributed by atoms with Gasteiger partial charge < -0.3 is 10.2 Å². The van der Waals surface area contributed by atoms with Gasteiger partial charge in [-0.3, -0.25) is 4.79 Å². The molecule has 1 aliphatic heterocycles. The van der Waals surface area contributed by atoms with Crippen LogP contribution in [-0.4, -0.2) is 37.0 Å². The van der Waals surface area contributed by atoms with Crippen molar-refractivity contribution in [2.45, 2.75) is 51.9 Å². The number of amides is 1. The summed E-state index contributed by atoms with van der Waals surface area (Å²) in [6, 6.07) is 6.25. The van der Waals surface area contributed by atoms with Gasteiger partial charge in [-0.1, -0.05) is 13.0 Å². The van der Waals surface area contributed by atoms with E-state index in [1.54, 1.807) is 0 Å². The first-order valence-electron chi connectivity index (χ1n) is 9.35. The van der Waals surface area contributed by atoms with Crippen LogP contribution in [0.25, 0.3) is 0 Å². The summed E-state index contributed by atoms with van der Waals surface area (Å²) in [6.07, 6.45) is 8.53. The minimum Gasteiger partial charge on any atom is -0.352 e. The summed E-state index contributed by atoms with van der Waals surface area (Å²) < 4.78 is 0. The normalized spacial score (nSPS) is 19.3. The van der Waals surface area contributed by atoms with Crippen molar-refractivity contribution in [2.75, 3.05) is 26.2 Å². The fraction of sp³-hybridized carbons (Fsp3) is 0.650. The summed E-state index contributed by atoms with van der Waals surface area (Å²) in [5.41, 5.74) is 3.65. The van der Waals surface area contributed by atoms with Crippen molar-refractivity contribution in [3.8, 4) is 0 Å². The van der Waals surface area contributed by atoms with E-state index in [0.717, 1.165) is 37.4 Å². The number of hydrogen-bond acceptors (Lipinski definition) is 2. The first-order chi connectivity index (χ1) is 11.2. The van der Waals surface area contributed by atoms with Crippen LogP contribution in [0.4, 0.5) is 0 Å². The summed E-state index contributed by atoms with van der Waals surface area (Å²) in [5.74, 6) is 0.973. The minimum absolute atomic E-state index is 0.0886. The zero-order valence-corrected chi connectivity index (χ0v) is 14.4. The summed E-state index contributed by atoms with van der Waals surface area (Å²) >= 11 is 0. The number of aryl methyl sites for hydroxylation is 2. The highest BCUT2D eigenvalue weighted by Crippen LogP contribution is 2.22. The molecule has 23 heavy (non-hydrogen) atoms. The van der Waals surface area contributed by atoms with Gasteiger partial charge in [0.25, 0.3) is 5.91 Å². The standard InChI is InChI=1S/C20H30N2O/c1-16-9-13-22(14-10-16)12-4-11-21-20(23)19-8-7-17-5-2-3-6-18(17)15-19/h7-8,15-16H,2-6,9-14H2,1H3,(H,21,23). The maximum absolute atomic E-state index is 12.3. The van der Waals surface area contributed by atoms with Crippen LogP contribution in [0.15, 0.2) is 18.2 Å². The molecule has 1 amide bonds. The van der Waals surface area contributed by atoms with Gasteiger partial charge in [0.1, 0.15) is 0 Å². The van der Waals surface area contributed by atoms with Crippen LogP contribution in [0.1, 0.15) is 60.5 Å². The van der Waals surface area contributed by atoms with E-state index in [2.05, 4.69) is 29.3 Å². The van der Waals surface area contributed by atoms with Gasteiger partial charge in [0.2, 0.25) is 0 Å². The maximum Gasteiger partial charge on any atom is 0.251 e. The van der Waals surface area contributed by atoms with E-state index in [1.807, 2.05) is 6.07 Å². The number of fused-ring (bicyclic) bond motifs is 1. The molecule has 3 heteroatoms. The summed E-state index contributed by atoms with van der Waals surface area (Å²) in [5, 5.41) is 3.09. The number of piperidine rings is 1. The Balaban J connectivity index is 1.41. The molecule has 2 aliphatic rings. The molecular weight excluding hydrogens is 284 g/mol. The zero-order valence-electron chi connectivity index (χ0n) is 14.4. The first-order valence-corrected chi connectivity index (χ1v) is 9.35. The molecule has 1 aromatic rings. The van der Waals surface area contributed by atoms with Crippen LogP contribution in [0.5, 0.6) is 0 Å². The van der Waals surface area contributed by atoms with Crippen LogP contribution in [0.3, 0.4) is 0 Å². The molecule has 3 nitrogen and oxygen atoms in total. The lowest BCUT2D eigenvalue weighted by molar-refractivity contribution is 0.0950. The number of carbonyl (C=O) groups is 1. The highest BCUT2D eigenvalue weighted by atomic mass is 16.1. The number of benzene rings is 1. The lowest BCUT2D eigenvalue weighted by Gasteiger charge is -2.30. The van der Waals surface area contributed by atoms with Crippen molar-refractivity contribution < 1.29 is 4.79 Å². The summed E-state index contributed by atoms with van der Waals surface area (Å²) in [7, 11) is 0. The van der Waals surface area contributed by atoms with Gasteiger partial charge in [0.15, 0.2) is 0 Å². The van der Waals surface area contributed by atoms with E-state index in [0.29, 0.717) is 0 Å². The average Bonchev–Trinajstić information content (AvgIpc) is 2.59. The van der Waals surface area contributed by atoms with E-state index >= 15 is 0 Å². The molecule has 0 atom stereocenters. The Labute approximate surface area is 140 Å². The topological polar surface area (TPSA) is 32.3 Å². The molecule has 3 rings (SSSR count). The Bertz CT molecular complexity index is 532. The second kappa shape index (κ2) is 7.96. The minimum atomic E-state index is 0.0886. The molecular formula is C20H30N2O. The van der Waals surface area contributed by atoms with Crippen molar-refractivity contribution in [3.63, 3.8) is 0 Å². The summed E-state index contributed by atoms with van der Waals surface area (Å²) in [6.45, 7) is 6.68. The van der Waals surface area contributed by atoms with Crippen LogP contribution < -0.4 is 5.32 Å². The van der Waals surface area contributed by atoms with Crippen LogP contribution in [-0.2, 0) is 12.8 Å². The molecule has 0 unspecified atom stereocenters. The quantitative estimate of drug-likeness (QED) is 0.845. The highest BCUT2D eigenvalue weighted by molar-refractivity contribution is 5.94. The largest absolute Gasteiger partial charge is 0.352 e. The number of rotatable bonds is 5. The number of carbonyl (C=O) groups excluding carboxylic acids is 1. The van der Waals surface area contributed by atoms with Crippen LogP contribution in [0, 0.1) is 5.92 Å². The van der Waals surface area contributed by atoms with Crippen molar-refractivity contribution in [1.29, 1.82) is 0 Å². The molecule has 126 valence electrons. The number of nitrogens with zero attached hydrogens (tertiary/aromatic N) is 1. The number of likely N-dealkylation sites (tertiary alicyclic amines) is 1. The Hall–Kier alpha value is -1.35. The molecule has 0 spiro atoms. The van der Waals surface area contributed by atoms with Gasteiger partial charge in [-0.25, -0.2) is 0 Å². The average molecular weight is 314 g/mol. The van der Waals surface area contributed by atoms with Crippen molar-refractivity contribution in [1.82, 2.24) is 10.2 Å². The molecule has 1 fully saturated rings. The molecule has 1 aliphatic carbocycles. The van der Waals surface area contributed by atoms with Gasteiger partial charge in [-0.2, -0.15) is 0 Å². The Morgan fingerprint density at radius 2 is 1.91 bits per heavy atom. The molecule has 0 radical (unpaired) electrons. The second-order valence-electron chi connectivity index (χ2n) is 7.32. The van der Waals surface area contributed by atoms with Gasteiger partial charge in [-0.15, -0.1) is 0 Å². The van der Waals surface area contributed by atoms with Gasteiger partial charge in [0, 0.05) is 12.1 Å². The third-order valence-electron chi connectivity index (χ3n) is 5.42. The van der Waals surface area contributed by atoms with Crippen LogP contribution >= 0.6 is 0 Å². The molecule has 0 bridgehead atoms. The number of hydrogen-bond donors (Lipinski definition) is 1. The monoisotopic (exact) mass is 314 g/mol. The molecule has 0 aromatic heterocycles. The Kier molecular flexibility index (Phi) is 5.71. The summed E-state index contributed by atoms with van der Waals surface area (Å²) in [4.78, 5) is 14.8. The second-order valence-corrected chi connectivity index (χ2v) is 7.32. The third-order valence-corrected chi connectivity index (χ3v) is 5.42. The predicted molar refractivity (Wildman–Crippen MR) is 94.9 cm³/mol. The first kappa shape index (κ1) is 16.5. The van der Waals surface area contributed by atoms with Gasteiger partial charge in [0.05, 0.1) is 0 Å².